The Balaban J connectivity index is 2.47. The molecule has 0 amide bonds. The Labute approximate surface area is 142 Å². The summed E-state index contributed by atoms with van der Waals surface area (Å²) in [5, 5.41) is 0. The molecule has 0 radical (unpaired) electrons. The van der Waals surface area contributed by atoms with Crippen LogP contribution in [0.4, 0.5) is 0 Å². The second kappa shape index (κ2) is 8.11. The van der Waals surface area contributed by atoms with E-state index in [-0.39, 0.29) is 6.61 Å². The van der Waals surface area contributed by atoms with Crippen molar-refractivity contribution in [3.8, 4) is 5.69 Å². The third kappa shape index (κ3) is 3.90. The van der Waals surface area contributed by atoms with E-state index in [4.69, 9.17) is 4.74 Å². The molecule has 0 saturated heterocycles. The highest BCUT2D eigenvalue weighted by Crippen LogP contribution is 2.21. The van der Waals surface area contributed by atoms with Gasteiger partial charge in [-0.15, -0.1) is 13.2 Å². The molecule has 4 nitrogen and oxygen atoms in total. The molecule has 0 atom stereocenters. The summed E-state index contributed by atoms with van der Waals surface area (Å²) >= 11 is 0. The van der Waals surface area contributed by atoms with Gasteiger partial charge in [-0.2, -0.15) is 0 Å². The standard InChI is InChI=1S/C20H22N2O2/c1-5-10-18-17(14-24-20(23)15(3)4)21-19(11-6-2)22(18)16-12-8-7-9-13-16/h5-9,12-13H,1-3,10-11,14H2,4H3. The molecule has 2 aromatic rings. The van der Waals surface area contributed by atoms with Crippen LogP contribution in [0.5, 0.6) is 0 Å². The first-order chi connectivity index (χ1) is 11.6. The molecule has 1 aromatic heterocycles. The highest BCUT2D eigenvalue weighted by molar-refractivity contribution is 5.86. The number of aromatic nitrogens is 2. The van der Waals surface area contributed by atoms with Crippen LogP contribution in [0.15, 0.2) is 67.8 Å². The van der Waals surface area contributed by atoms with Gasteiger partial charge >= 0.3 is 5.97 Å². The lowest BCUT2D eigenvalue weighted by atomic mass is 10.2. The Bertz CT molecular complexity index is 757. The second-order valence-corrected chi connectivity index (χ2v) is 5.43. The minimum atomic E-state index is -0.418. The Hall–Kier alpha value is -2.88. The Morgan fingerprint density at radius 2 is 1.88 bits per heavy atom. The number of hydrogen-bond acceptors (Lipinski definition) is 3. The lowest BCUT2D eigenvalue weighted by Crippen LogP contribution is -2.08. The van der Waals surface area contributed by atoms with Crippen molar-refractivity contribution in [1.29, 1.82) is 0 Å². The van der Waals surface area contributed by atoms with E-state index in [0.717, 1.165) is 22.9 Å². The SMILES string of the molecule is C=CCc1nc(COC(=O)C(=C)C)c(CC=C)n1-c1ccccc1. The quantitative estimate of drug-likeness (QED) is 0.420. The van der Waals surface area contributed by atoms with E-state index in [0.29, 0.717) is 18.4 Å². The van der Waals surface area contributed by atoms with E-state index in [2.05, 4.69) is 29.3 Å². The molecule has 24 heavy (non-hydrogen) atoms. The fraction of sp³-hybridized carbons (Fsp3) is 0.200. The number of carbonyl (C=O) groups excluding carboxylic acids is 1. The molecule has 4 heteroatoms. The van der Waals surface area contributed by atoms with Gasteiger partial charge in [0, 0.05) is 24.1 Å². The van der Waals surface area contributed by atoms with Crippen LogP contribution in [-0.4, -0.2) is 15.5 Å². The summed E-state index contributed by atoms with van der Waals surface area (Å²) < 4.78 is 7.36. The predicted molar refractivity (Wildman–Crippen MR) is 96.0 cm³/mol. The van der Waals surface area contributed by atoms with Crippen LogP contribution in [0.3, 0.4) is 0 Å². The largest absolute Gasteiger partial charge is 0.456 e. The van der Waals surface area contributed by atoms with E-state index in [1.54, 1.807) is 6.92 Å². The Morgan fingerprint density at radius 3 is 2.46 bits per heavy atom. The molecule has 124 valence electrons. The van der Waals surface area contributed by atoms with Gasteiger partial charge in [0.25, 0.3) is 0 Å². The van der Waals surface area contributed by atoms with Gasteiger partial charge in [0.1, 0.15) is 18.1 Å². The molecule has 0 N–H and O–H groups in total. The van der Waals surface area contributed by atoms with Crippen molar-refractivity contribution in [2.45, 2.75) is 26.4 Å². The normalized spacial score (nSPS) is 10.2. The number of ether oxygens (including phenoxy) is 1. The number of imidazole rings is 1. The first-order valence-corrected chi connectivity index (χ1v) is 7.77. The van der Waals surface area contributed by atoms with Crippen molar-refractivity contribution in [3.63, 3.8) is 0 Å². The Morgan fingerprint density at radius 1 is 1.21 bits per heavy atom. The van der Waals surface area contributed by atoms with Crippen LogP contribution < -0.4 is 0 Å². The summed E-state index contributed by atoms with van der Waals surface area (Å²) in [5.74, 6) is 0.438. The summed E-state index contributed by atoms with van der Waals surface area (Å²) in [6.07, 6.45) is 4.87. The molecule has 0 unspecified atom stereocenters. The van der Waals surface area contributed by atoms with E-state index in [9.17, 15) is 4.79 Å². The zero-order valence-corrected chi connectivity index (χ0v) is 14.0. The zero-order chi connectivity index (χ0) is 17.5. The fourth-order valence-electron chi connectivity index (χ4n) is 2.42. The third-order valence-electron chi connectivity index (χ3n) is 3.49. The van der Waals surface area contributed by atoms with Crippen LogP contribution in [0, 0.1) is 0 Å². The van der Waals surface area contributed by atoms with Gasteiger partial charge in [-0.25, -0.2) is 9.78 Å². The number of esters is 1. The van der Waals surface area contributed by atoms with Crippen LogP contribution in [0.1, 0.15) is 24.1 Å². The van der Waals surface area contributed by atoms with Crippen molar-refractivity contribution in [3.05, 3.63) is 85.0 Å². The maximum atomic E-state index is 11.7. The summed E-state index contributed by atoms with van der Waals surface area (Å²) in [7, 11) is 0. The Kier molecular flexibility index (Phi) is 5.90. The molecule has 0 aliphatic carbocycles. The number of allylic oxidation sites excluding steroid dienone is 2. The first kappa shape index (κ1) is 17.5. The van der Waals surface area contributed by atoms with E-state index < -0.39 is 5.97 Å². The number of rotatable bonds is 8. The van der Waals surface area contributed by atoms with Crippen LogP contribution in [-0.2, 0) is 29.0 Å². The van der Waals surface area contributed by atoms with Crippen LogP contribution in [0.25, 0.3) is 5.69 Å². The second-order valence-electron chi connectivity index (χ2n) is 5.43. The number of hydrogen-bond donors (Lipinski definition) is 0. The van der Waals surface area contributed by atoms with Crippen LogP contribution >= 0.6 is 0 Å². The summed E-state index contributed by atoms with van der Waals surface area (Å²) in [4.78, 5) is 16.3. The van der Waals surface area contributed by atoms with Crippen molar-refractivity contribution in [2.24, 2.45) is 0 Å². The maximum absolute atomic E-state index is 11.7. The predicted octanol–water partition coefficient (Wildman–Crippen LogP) is 3.95. The van der Waals surface area contributed by atoms with E-state index in [1.165, 1.54) is 0 Å². The topological polar surface area (TPSA) is 44.1 Å². The van der Waals surface area contributed by atoms with E-state index >= 15 is 0 Å². The highest BCUT2D eigenvalue weighted by atomic mass is 16.5. The van der Waals surface area contributed by atoms with Gasteiger partial charge < -0.3 is 4.74 Å². The molecule has 1 heterocycles. The van der Waals surface area contributed by atoms with Gasteiger partial charge in [-0.3, -0.25) is 4.57 Å². The molecule has 2 rings (SSSR count). The molecule has 0 aliphatic heterocycles. The minimum absolute atomic E-state index is 0.110. The maximum Gasteiger partial charge on any atom is 0.333 e. The molecular formula is C20H22N2O2. The number of benzene rings is 1. The zero-order valence-electron chi connectivity index (χ0n) is 14.0. The lowest BCUT2D eigenvalue weighted by Gasteiger charge is -2.11. The highest BCUT2D eigenvalue weighted by Gasteiger charge is 2.18. The van der Waals surface area contributed by atoms with Crippen molar-refractivity contribution in [2.75, 3.05) is 0 Å². The summed E-state index contributed by atoms with van der Waals surface area (Å²) in [6.45, 7) is 13.0. The summed E-state index contributed by atoms with van der Waals surface area (Å²) in [6, 6.07) is 9.96. The molecule has 0 spiro atoms. The van der Waals surface area contributed by atoms with Crippen molar-refractivity contribution in [1.82, 2.24) is 9.55 Å². The number of para-hydroxylation sites is 1. The van der Waals surface area contributed by atoms with Crippen molar-refractivity contribution < 1.29 is 9.53 Å². The monoisotopic (exact) mass is 322 g/mol. The van der Waals surface area contributed by atoms with E-state index in [1.807, 2.05) is 42.5 Å². The average molecular weight is 322 g/mol. The molecule has 0 saturated carbocycles. The first-order valence-electron chi connectivity index (χ1n) is 7.77. The lowest BCUT2D eigenvalue weighted by molar-refractivity contribution is -0.140. The van der Waals surface area contributed by atoms with Gasteiger partial charge in [0.2, 0.25) is 0 Å². The smallest absolute Gasteiger partial charge is 0.333 e. The molecule has 1 aromatic carbocycles. The molecule has 0 fully saturated rings. The molecule has 0 bridgehead atoms. The fourth-order valence-corrected chi connectivity index (χ4v) is 2.42. The van der Waals surface area contributed by atoms with Crippen molar-refractivity contribution >= 4 is 5.97 Å². The summed E-state index contributed by atoms with van der Waals surface area (Å²) in [5.41, 5.74) is 3.07. The van der Waals surface area contributed by atoms with Crippen LogP contribution in [0.2, 0.25) is 0 Å². The van der Waals surface area contributed by atoms with Gasteiger partial charge in [-0.1, -0.05) is 36.9 Å². The van der Waals surface area contributed by atoms with Gasteiger partial charge in [-0.05, 0) is 19.1 Å². The molecule has 0 aliphatic rings. The van der Waals surface area contributed by atoms with Gasteiger partial charge in [0.15, 0.2) is 0 Å². The average Bonchev–Trinajstić information content (AvgIpc) is 2.91. The molecular weight excluding hydrogens is 300 g/mol. The third-order valence-corrected chi connectivity index (χ3v) is 3.49. The van der Waals surface area contributed by atoms with Gasteiger partial charge in [0.05, 0.1) is 5.69 Å². The number of nitrogens with zero attached hydrogens (tertiary/aromatic N) is 2. The number of carbonyl (C=O) groups is 1. The minimum Gasteiger partial charge on any atom is -0.456 e.